The van der Waals surface area contributed by atoms with Crippen molar-refractivity contribution in [2.75, 3.05) is 13.2 Å². The van der Waals surface area contributed by atoms with Gasteiger partial charge < -0.3 is 10.1 Å². The topological polar surface area (TPSA) is 75.7 Å². The van der Waals surface area contributed by atoms with Crippen molar-refractivity contribution >= 4 is 17.7 Å². The van der Waals surface area contributed by atoms with Crippen molar-refractivity contribution in [2.45, 2.75) is 26.3 Å². The van der Waals surface area contributed by atoms with Crippen molar-refractivity contribution in [2.24, 2.45) is 5.92 Å². The number of hydrogen-bond donors (Lipinski definition) is 1. The molecule has 152 valence electrons. The van der Waals surface area contributed by atoms with Gasteiger partial charge in [0, 0.05) is 0 Å². The molecule has 29 heavy (non-hydrogen) atoms. The summed E-state index contributed by atoms with van der Waals surface area (Å²) in [7, 11) is 0. The second-order valence-corrected chi connectivity index (χ2v) is 7.26. The minimum atomic E-state index is -0.895. The quantitative estimate of drug-likeness (QED) is 0.548. The standard InChI is InChI=1S/C22H23FN2O4/c1-14(2)13-19(25-21(27)17-5-3-4-6-18(17)22(25)28)20(26)24-11-12-29-16-9-7-15(23)8-10-16/h3-10,14,19H,11-13H2,1-2H3,(H,24,26). The van der Waals surface area contributed by atoms with Crippen LogP contribution in [0.3, 0.4) is 0 Å². The van der Waals surface area contributed by atoms with Gasteiger partial charge in [-0.15, -0.1) is 0 Å². The maximum absolute atomic E-state index is 12.9. The smallest absolute Gasteiger partial charge is 0.262 e. The number of ether oxygens (including phenoxy) is 1. The molecule has 3 rings (SSSR count). The average Bonchev–Trinajstić information content (AvgIpc) is 2.95. The lowest BCUT2D eigenvalue weighted by Crippen LogP contribution is -2.50. The molecule has 2 aromatic rings. The number of carbonyl (C=O) groups is 3. The van der Waals surface area contributed by atoms with Crippen molar-refractivity contribution in [3.05, 3.63) is 65.5 Å². The van der Waals surface area contributed by atoms with Crippen LogP contribution in [0, 0.1) is 11.7 Å². The van der Waals surface area contributed by atoms with Crippen LogP contribution in [0.25, 0.3) is 0 Å². The van der Waals surface area contributed by atoms with Crippen LogP contribution in [-0.4, -0.2) is 41.8 Å². The monoisotopic (exact) mass is 398 g/mol. The van der Waals surface area contributed by atoms with Gasteiger partial charge in [-0.3, -0.25) is 19.3 Å². The lowest BCUT2D eigenvalue weighted by molar-refractivity contribution is -0.125. The summed E-state index contributed by atoms with van der Waals surface area (Å²) in [6, 6.07) is 11.2. The maximum Gasteiger partial charge on any atom is 0.262 e. The first kappa shape index (κ1) is 20.5. The van der Waals surface area contributed by atoms with Crippen molar-refractivity contribution in [3.8, 4) is 5.75 Å². The van der Waals surface area contributed by atoms with Gasteiger partial charge in [0.2, 0.25) is 5.91 Å². The number of fused-ring (bicyclic) bond motifs is 1. The first-order chi connectivity index (χ1) is 13.9. The van der Waals surface area contributed by atoms with E-state index in [1.165, 1.54) is 24.3 Å². The number of nitrogens with zero attached hydrogens (tertiary/aromatic N) is 1. The molecular weight excluding hydrogens is 375 g/mol. The van der Waals surface area contributed by atoms with Gasteiger partial charge in [-0.05, 0) is 48.7 Å². The van der Waals surface area contributed by atoms with Crippen LogP contribution in [0.1, 0.15) is 41.0 Å². The second-order valence-electron chi connectivity index (χ2n) is 7.26. The zero-order chi connectivity index (χ0) is 21.0. The van der Waals surface area contributed by atoms with Gasteiger partial charge in [-0.1, -0.05) is 26.0 Å². The van der Waals surface area contributed by atoms with Crippen molar-refractivity contribution in [1.82, 2.24) is 10.2 Å². The molecule has 1 heterocycles. The second kappa shape index (κ2) is 8.86. The molecule has 0 fully saturated rings. The molecule has 0 saturated carbocycles. The van der Waals surface area contributed by atoms with Crippen LogP contribution < -0.4 is 10.1 Å². The molecule has 1 aliphatic heterocycles. The predicted octanol–water partition coefficient (Wildman–Crippen LogP) is 3.03. The van der Waals surface area contributed by atoms with E-state index in [9.17, 15) is 18.8 Å². The van der Waals surface area contributed by atoms with E-state index in [4.69, 9.17) is 4.74 Å². The van der Waals surface area contributed by atoms with E-state index in [0.717, 1.165) is 4.90 Å². The summed E-state index contributed by atoms with van der Waals surface area (Å²) in [4.78, 5) is 39.4. The first-order valence-electron chi connectivity index (χ1n) is 9.51. The zero-order valence-electron chi connectivity index (χ0n) is 16.4. The molecule has 0 spiro atoms. The SMILES string of the molecule is CC(C)CC(C(=O)NCCOc1ccc(F)cc1)N1C(=O)c2ccccc2C1=O. The number of imide groups is 1. The molecular formula is C22H23FN2O4. The molecule has 0 radical (unpaired) electrons. The van der Waals surface area contributed by atoms with Gasteiger partial charge in [0.1, 0.15) is 24.2 Å². The Kier molecular flexibility index (Phi) is 6.26. The third-order valence-electron chi connectivity index (χ3n) is 4.62. The summed E-state index contributed by atoms with van der Waals surface area (Å²) in [6.07, 6.45) is 0.357. The van der Waals surface area contributed by atoms with E-state index in [1.54, 1.807) is 24.3 Å². The summed E-state index contributed by atoms with van der Waals surface area (Å²) in [5.41, 5.74) is 0.636. The molecule has 1 aliphatic rings. The largest absolute Gasteiger partial charge is 0.492 e. The molecule has 3 amide bonds. The minimum absolute atomic E-state index is 0.102. The Hall–Kier alpha value is -3.22. The van der Waals surface area contributed by atoms with Crippen LogP contribution >= 0.6 is 0 Å². The molecule has 0 aromatic heterocycles. The van der Waals surface area contributed by atoms with E-state index in [-0.39, 0.29) is 24.9 Å². The van der Waals surface area contributed by atoms with Crippen LogP contribution in [0.4, 0.5) is 4.39 Å². The number of amides is 3. The highest BCUT2D eigenvalue weighted by molar-refractivity contribution is 6.22. The maximum atomic E-state index is 12.9. The Morgan fingerprint density at radius 1 is 1.03 bits per heavy atom. The third-order valence-corrected chi connectivity index (χ3v) is 4.62. The van der Waals surface area contributed by atoms with Crippen molar-refractivity contribution in [1.29, 1.82) is 0 Å². The summed E-state index contributed by atoms with van der Waals surface area (Å²) in [5.74, 6) is -1.08. The lowest BCUT2D eigenvalue weighted by atomic mass is 10.0. The highest BCUT2D eigenvalue weighted by Crippen LogP contribution is 2.27. The fraction of sp³-hybridized carbons (Fsp3) is 0.318. The molecule has 0 saturated heterocycles. The van der Waals surface area contributed by atoms with Crippen molar-refractivity contribution in [3.63, 3.8) is 0 Å². The fourth-order valence-electron chi connectivity index (χ4n) is 3.26. The summed E-state index contributed by atoms with van der Waals surface area (Å²) < 4.78 is 18.4. The van der Waals surface area contributed by atoms with Crippen LogP contribution in [-0.2, 0) is 4.79 Å². The number of rotatable bonds is 8. The molecule has 1 atom stereocenters. The van der Waals surface area contributed by atoms with Crippen LogP contribution in [0.15, 0.2) is 48.5 Å². The van der Waals surface area contributed by atoms with Gasteiger partial charge in [0.25, 0.3) is 11.8 Å². The Labute approximate surface area is 168 Å². The normalized spacial score (nSPS) is 14.1. The van der Waals surface area contributed by atoms with Gasteiger partial charge in [-0.2, -0.15) is 0 Å². The van der Waals surface area contributed by atoms with Crippen LogP contribution in [0.5, 0.6) is 5.75 Å². The van der Waals surface area contributed by atoms with Crippen molar-refractivity contribution < 1.29 is 23.5 Å². The van der Waals surface area contributed by atoms with E-state index in [2.05, 4.69) is 5.32 Å². The minimum Gasteiger partial charge on any atom is -0.492 e. The first-order valence-corrected chi connectivity index (χ1v) is 9.51. The Balaban J connectivity index is 1.64. The molecule has 1 unspecified atom stereocenters. The highest BCUT2D eigenvalue weighted by Gasteiger charge is 2.42. The molecule has 6 nitrogen and oxygen atoms in total. The summed E-state index contributed by atoms with van der Waals surface area (Å²) >= 11 is 0. The highest BCUT2D eigenvalue weighted by atomic mass is 19.1. The van der Waals surface area contributed by atoms with Gasteiger partial charge in [0.15, 0.2) is 0 Å². The number of benzene rings is 2. The number of nitrogens with one attached hydrogen (secondary N) is 1. The molecule has 0 aliphatic carbocycles. The Morgan fingerprint density at radius 3 is 2.17 bits per heavy atom. The summed E-state index contributed by atoms with van der Waals surface area (Å²) in [6.45, 7) is 4.22. The summed E-state index contributed by atoms with van der Waals surface area (Å²) in [5, 5.41) is 2.73. The van der Waals surface area contributed by atoms with E-state index < -0.39 is 23.8 Å². The van der Waals surface area contributed by atoms with E-state index >= 15 is 0 Å². The van der Waals surface area contributed by atoms with E-state index in [0.29, 0.717) is 23.3 Å². The number of hydrogen-bond acceptors (Lipinski definition) is 4. The zero-order valence-corrected chi connectivity index (χ0v) is 16.4. The predicted molar refractivity (Wildman–Crippen MR) is 105 cm³/mol. The average molecular weight is 398 g/mol. The number of halogens is 1. The molecule has 1 N–H and O–H groups in total. The third kappa shape index (κ3) is 4.62. The van der Waals surface area contributed by atoms with E-state index in [1.807, 2.05) is 13.8 Å². The van der Waals surface area contributed by atoms with Gasteiger partial charge >= 0.3 is 0 Å². The van der Waals surface area contributed by atoms with Crippen LogP contribution in [0.2, 0.25) is 0 Å². The van der Waals surface area contributed by atoms with Gasteiger partial charge in [-0.25, -0.2) is 4.39 Å². The molecule has 2 aromatic carbocycles. The van der Waals surface area contributed by atoms with Gasteiger partial charge in [0.05, 0.1) is 17.7 Å². The molecule has 0 bridgehead atoms. The number of carbonyl (C=O) groups excluding carboxylic acids is 3. The lowest BCUT2D eigenvalue weighted by Gasteiger charge is -2.26. The molecule has 7 heteroatoms. The fourth-order valence-corrected chi connectivity index (χ4v) is 3.26. The Bertz CT molecular complexity index is 876. The Morgan fingerprint density at radius 2 is 1.62 bits per heavy atom.